The summed E-state index contributed by atoms with van der Waals surface area (Å²) in [5, 5.41) is 143. The summed E-state index contributed by atoms with van der Waals surface area (Å²) in [6, 6.07) is -1.24. The highest BCUT2D eigenvalue weighted by atomic mass is 16.8. The van der Waals surface area contributed by atoms with E-state index in [0.717, 1.165) is 0 Å². The van der Waals surface area contributed by atoms with Crippen LogP contribution in [0.1, 0.15) is 42.1 Å². The number of amides is 1. The number of nitrogens with two attached hydrogens (primary N) is 4. The van der Waals surface area contributed by atoms with Gasteiger partial charge in [-0.05, 0) is 59.0 Å². The molecule has 4 heterocycles. The van der Waals surface area contributed by atoms with Crippen molar-refractivity contribution in [3.05, 3.63) is 52.0 Å². The van der Waals surface area contributed by atoms with Crippen molar-refractivity contribution in [2.24, 2.45) is 34.8 Å². The first-order valence-electron chi connectivity index (χ1n) is 27.1. The van der Waals surface area contributed by atoms with Crippen molar-refractivity contribution >= 4 is 23.4 Å². The Bertz CT molecular complexity index is 2590. The van der Waals surface area contributed by atoms with Gasteiger partial charge in [0.15, 0.2) is 36.4 Å². The van der Waals surface area contributed by atoms with E-state index in [1.807, 2.05) is 4.90 Å². The lowest BCUT2D eigenvalue weighted by atomic mass is 9.55. The van der Waals surface area contributed by atoms with Crippen LogP contribution < -0.4 is 33.6 Å². The Morgan fingerprint density at radius 3 is 2.11 bits per heavy atom. The number of nitrogens with zero attached hydrogens (tertiary/aromatic N) is 3. The molecule has 4 aliphatic heterocycles. The Balaban J connectivity index is 0.000000219. The van der Waals surface area contributed by atoms with Crippen LogP contribution in [-0.2, 0) is 43.7 Å². The van der Waals surface area contributed by atoms with Gasteiger partial charge in [0.1, 0.15) is 65.6 Å². The van der Waals surface area contributed by atoms with Crippen LogP contribution in [-0.4, -0.2) is 293 Å². The second-order valence-corrected chi connectivity index (χ2v) is 22.7. The predicted octanol–water partition coefficient (Wildman–Crippen LogP) is -8.51. The number of aromatic hydroxyl groups is 1. The van der Waals surface area contributed by atoms with Crippen LogP contribution in [0.5, 0.6) is 5.75 Å². The van der Waals surface area contributed by atoms with Crippen molar-refractivity contribution in [2.45, 2.75) is 154 Å². The number of carboxylic acids is 1. The number of carbonyl (C=O) groups is 4. The summed E-state index contributed by atoms with van der Waals surface area (Å²) in [5.41, 5.74) is 17.5. The van der Waals surface area contributed by atoms with Crippen LogP contribution in [0.2, 0.25) is 0 Å². The zero-order valence-corrected chi connectivity index (χ0v) is 45.6. The molecule has 8 aliphatic rings. The van der Waals surface area contributed by atoms with Gasteiger partial charge in [-0.25, -0.2) is 4.79 Å². The number of Topliss-reactive ketones (excluding diaryl/α,β-unsaturated/α-hetero) is 2. The van der Waals surface area contributed by atoms with Crippen LogP contribution in [0.15, 0.2) is 40.9 Å². The second kappa shape index (κ2) is 24.8. The van der Waals surface area contributed by atoms with Crippen LogP contribution >= 0.6 is 0 Å². The highest BCUT2D eigenvalue weighted by Gasteiger charge is 2.66. The van der Waals surface area contributed by atoms with E-state index in [1.165, 1.54) is 49.0 Å². The number of aliphatic hydroxyl groups is 11. The number of hydrogen-bond acceptors (Lipinski definition) is 29. The molecule has 1 aromatic carbocycles. The number of aliphatic carboxylic acids is 1. The van der Waals surface area contributed by atoms with E-state index in [4.69, 9.17) is 46.6 Å². The molecule has 4 aliphatic carbocycles. The van der Waals surface area contributed by atoms with Gasteiger partial charge >= 0.3 is 5.97 Å². The molecule has 3 unspecified atom stereocenters. The SMILES string of the molecule is CN(C)[C@H]1C(O)=C(C(=O)NC(C(=O)O)N2CCN(CCO)CC2)C(=O)[C@]2(O)C(O)=C3C(=O)c4c(O)cccc4[C@](C)(O)C3CC12.CN[C@@H]1[C@@H](O[C@H]2O[C@H](CO)[C@@H](N)[C@H](O)[C@H]2O)O[C@H]2C[C@@H](N)[C@@H](O[C@H]3[C@H](O)[C@@H](O)[C@H](N)C[C@@H]3N)O[C@@H]2[C@@H]1O. The maximum absolute atomic E-state index is 14.1. The van der Waals surface area contributed by atoms with Crippen LogP contribution in [0.25, 0.3) is 0 Å². The fourth-order valence-electron chi connectivity index (χ4n) is 12.8. The minimum atomic E-state index is -2.93. The molecular formula is C51H79N9O22. The van der Waals surface area contributed by atoms with E-state index in [-0.39, 0.29) is 50.1 Å². The van der Waals surface area contributed by atoms with Crippen molar-refractivity contribution in [2.75, 3.05) is 67.1 Å². The maximum Gasteiger partial charge on any atom is 0.341 e. The van der Waals surface area contributed by atoms with E-state index >= 15 is 0 Å². The van der Waals surface area contributed by atoms with Gasteiger partial charge in [-0.1, -0.05) is 12.1 Å². The Kier molecular flexibility index (Phi) is 19.2. The van der Waals surface area contributed by atoms with Crippen molar-refractivity contribution in [1.82, 2.24) is 25.3 Å². The third kappa shape index (κ3) is 11.3. The Labute approximate surface area is 470 Å². The minimum Gasteiger partial charge on any atom is -0.510 e. The Hall–Kier alpha value is -4.50. The van der Waals surface area contributed by atoms with Crippen LogP contribution in [0.4, 0.5) is 0 Å². The number of ketones is 2. The number of piperazine rings is 1. The normalized spacial score (nSPS) is 42.1. The molecule has 4 saturated heterocycles. The standard InChI is InChI=1S/C30H38N4O11.C21H41N5O11/c1-29(44)14-5-4-6-17(36)18(14)22(37)19-15(29)13-16-21(32(2)3)23(38)20(25(40)30(16,45)24(19)39)27(41)31-26(28(42)43)34-9-7-33(8-10-34)11-12-35;1-26-11-14(30)18-8(33-20(11)37-21-16(32)13(29)10(25)9(4-27)34-21)3-7(24)19(36-18)35-17-6(23)2-5(22)12(28)15(17)31/h4-6,15-16,21,26,35-36,38-39,44-45H,7-13H2,1-3H3,(H,31,41)(H,42,43);5-21,26-32H,2-4,22-25H2,1H3/t15?,16?,21-,26?,29+,30-;5-,6+,7-,8+,9-,10-,11+,12+,13+,14-,15-,16-,17-,18+,19+,20-,21-/m11/s1. The van der Waals surface area contributed by atoms with Gasteiger partial charge in [0.2, 0.25) is 5.78 Å². The van der Waals surface area contributed by atoms with Gasteiger partial charge in [0, 0.05) is 62.2 Å². The molecule has 0 aromatic heterocycles. The number of phenols is 1. The number of benzene rings is 1. The molecule has 1 amide bonds. The summed E-state index contributed by atoms with van der Waals surface area (Å²) in [7, 11) is 4.54. The highest BCUT2D eigenvalue weighted by Crippen LogP contribution is 2.56. The van der Waals surface area contributed by atoms with Gasteiger partial charge in [-0.15, -0.1) is 0 Å². The number of rotatable bonds is 13. The lowest BCUT2D eigenvalue weighted by molar-refractivity contribution is -0.373. The van der Waals surface area contributed by atoms with Crippen molar-refractivity contribution in [1.29, 1.82) is 0 Å². The van der Waals surface area contributed by atoms with Gasteiger partial charge < -0.3 is 124 Å². The number of fused-ring (bicyclic) bond motifs is 4. The van der Waals surface area contributed by atoms with Crippen molar-refractivity contribution < 1.29 is 109 Å². The van der Waals surface area contributed by atoms with E-state index in [0.29, 0.717) is 19.6 Å². The number of carboxylic acid groups (broad SMARTS) is 1. The van der Waals surface area contributed by atoms with E-state index in [2.05, 4.69) is 10.6 Å². The average Bonchev–Trinajstić information content (AvgIpc) is 1.68. The summed E-state index contributed by atoms with van der Waals surface area (Å²) >= 11 is 0. The first kappa shape index (κ1) is 63.5. The molecular weight excluding hydrogens is 1090 g/mol. The number of β-amino-alcohol motifs (C(OH)–C–C–N with tert-alkyl or cyclic N) is 1. The lowest BCUT2D eigenvalue weighted by Gasteiger charge is -2.52. The summed E-state index contributed by atoms with van der Waals surface area (Å²) in [4.78, 5) is 58.4. The third-order valence-electron chi connectivity index (χ3n) is 17.4. The fraction of sp³-hybridized carbons (Fsp3) is 0.725. The molecule has 31 nitrogen and oxygen atoms in total. The molecule has 460 valence electrons. The molecule has 31 heteroatoms. The molecule has 5 fully saturated rings. The molecule has 9 rings (SSSR count). The van der Waals surface area contributed by atoms with Crippen molar-refractivity contribution in [3.8, 4) is 5.75 Å². The molecule has 23 atom stereocenters. The van der Waals surface area contributed by atoms with Gasteiger partial charge in [0.25, 0.3) is 5.91 Å². The minimum absolute atomic E-state index is 0.0772. The molecule has 1 aromatic rings. The van der Waals surface area contributed by atoms with E-state index in [1.54, 1.807) is 7.05 Å². The smallest absolute Gasteiger partial charge is 0.341 e. The number of aliphatic hydroxyl groups excluding tert-OH is 9. The predicted molar refractivity (Wildman–Crippen MR) is 278 cm³/mol. The molecule has 0 spiro atoms. The number of hydrogen-bond donors (Lipinski definition) is 19. The quantitative estimate of drug-likeness (QED) is 0.0816. The lowest BCUT2D eigenvalue weighted by Crippen LogP contribution is -2.70. The zero-order chi connectivity index (χ0) is 60.3. The number of carbonyl (C=O) groups excluding carboxylic acids is 3. The first-order valence-corrected chi connectivity index (χ1v) is 27.1. The van der Waals surface area contributed by atoms with Crippen LogP contribution in [0.3, 0.4) is 0 Å². The number of phenolic OH excluding ortho intramolecular Hbond substituents is 1. The van der Waals surface area contributed by atoms with E-state index in [9.17, 15) is 85.6 Å². The first-order chi connectivity index (χ1) is 38.6. The highest BCUT2D eigenvalue weighted by molar-refractivity contribution is 6.25. The van der Waals surface area contributed by atoms with Crippen molar-refractivity contribution in [3.63, 3.8) is 0 Å². The number of likely N-dealkylation sites (N-methyl/N-ethyl adjacent to an activating group) is 2. The van der Waals surface area contributed by atoms with Gasteiger partial charge in [0.05, 0.1) is 60.8 Å². The van der Waals surface area contributed by atoms with Gasteiger partial charge in [-0.3, -0.25) is 29.1 Å². The fourth-order valence-corrected chi connectivity index (χ4v) is 12.8. The number of nitrogens with one attached hydrogen (secondary N) is 2. The summed E-state index contributed by atoms with van der Waals surface area (Å²) in [6.45, 7) is 2.38. The molecule has 0 bridgehead atoms. The van der Waals surface area contributed by atoms with E-state index < -0.39 is 198 Å². The zero-order valence-electron chi connectivity index (χ0n) is 45.6. The Morgan fingerprint density at radius 1 is 0.829 bits per heavy atom. The van der Waals surface area contributed by atoms with Gasteiger partial charge in [-0.2, -0.15) is 0 Å². The molecule has 0 radical (unpaired) electrons. The summed E-state index contributed by atoms with van der Waals surface area (Å²) in [5.74, 6) is -10.0. The molecule has 1 saturated carbocycles. The number of ether oxygens (including phenoxy) is 5. The largest absolute Gasteiger partial charge is 0.510 e. The maximum atomic E-state index is 14.1. The molecule has 82 heavy (non-hydrogen) atoms. The monoisotopic (exact) mass is 1170 g/mol. The Morgan fingerprint density at radius 2 is 1.50 bits per heavy atom. The summed E-state index contributed by atoms with van der Waals surface area (Å²) in [6.07, 6.45) is -15.6. The topological polar surface area (TPSA) is 515 Å². The average molecular weight is 1170 g/mol. The third-order valence-corrected chi connectivity index (χ3v) is 17.4. The second-order valence-electron chi connectivity index (χ2n) is 22.7. The molecule has 23 N–H and O–H groups in total. The van der Waals surface area contributed by atoms with Crippen LogP contribution in [0, 0.1) is 11.8 Å². The summed E-state index contributed by atoms with van der Waals surface area (Å²) < 4.78 is 29.2.